The van der Waals surface area contributed by atoms with E-state index in [1.54, 1.807) is 24.3 Å². The topological polar surface area (TPSA) is 116 Å². The van der Waals surface area contributed by atoms with Crippen LogP contribution in [0.3, 0.4) is 0 Å². The monoisotopic (exact) mass is 488 g/mol. The number of carbonyl (C=O) groups is 3. The third kappa shape index (κ3) is 4.68. The van der Waals surface area contributed by atoms with Gasteiger partial charge in [0.1, 0.15) is 0 Å². The fourth-order valence-electron chi connectivity index (χ4n) is 4.25. The summed E-state index contributed by atoms with van der Waals surface area (Å²) in [5, 5.41) is 0. The molecule has 1 unspecified atom stereocenters. The molecule has 0 bridgehead atoms. The molecule has 1 fully saturated rings. The lowest BCUT2D eigenvalue weighted by Crippen LogP contribution is -2.33. The highest BCUT2D eigenvalue weighted by atomic mass is 16.6. The average molecular weight is 488 g/mol. The second-order valence-corrected chi connectivity index (χ2v) is 7.92. The largest absolute Gasteiger partial charge is 0.493 e. The molecule has 0 saturated carbocycles. The first-order valence-corrected chi connectivity index (χ1v) is 10.7. The smallest absolute Gasteiger partial charge is 0.308 e. The van der Waals surface area contributed by atoms with E-state index in [2.05, 4.69) is 0 Å². The Labute approximate surface area is 203 Å². The zero-order valence-corrected chi connectivity index (χ0v) is 20.7. The zero-order valence-electron chi connectivity index (χ0n) is 20.7. The molecule has 1 aliphatic rings. The molecule has 3 rings (SSSR count). The SMILES string of the molecule is COc1cc(C2(c3cc(OC)c(OC(C)=O)c(OC)c3)OC(=O)CC2C)cc(OC)c1OC(C)=O. The molecule has 1 aliphatic heterocycles. The van der Waals surface area contributed by atoms with E-state index in [9.17, 15) is 14.4 Å². The Morgan fingerprint density at radius 1 is 0.771 bits per heavy atom. The van der Waals surface area contributed by atoms with Crippen molar-refractivity contribution in [3.63, 3.8) is 0 Å². The molecular weight excluding hydrogens is 460 g/mol. The first-order valence-electron chi connectivity index (χ1n) is 10.7. The Morgan fingerprint density at radius 2 is 1.11 bits per heavy atom. The number of carbonyl (C=O) groups excluding carboxylic acids is 3. The minimum Gasteiger partial charge on any atom is -0.493 e. The van der Waals surface area contributed by atoms with Crippen LogP contribution in [-0.4, -0.2) is 46.3 Å². The minimum atomic E-state index is -1.32. The molecule has 10 heteroatoms. The molecule has 10 nitrogen and oxygen atoms in total. The predicted octanol–water partition coefficient (Wildman–Crippen LogP) is 3.40. The van der Waals surface area contributed by atoms with Gasteiger partial charge in [0.25, 0.3) is 0 Å². The van der Waals surface area contributed by atoms with E-state index < -0.39 is 23.5 Å². The summed E-state index contributed by atoms with van der Waals surface area (Å²) in [6, 6.07) is 6.48. The van der Waals surface area contributed by atoms with Gasteiger partial charge in [0.05, 0.1) is 34.9 Å². The molecular formula is C25H28O10. The Balaban J connectivity index is 2.34. The van der Waals surface area contributed by atoms with Crippen molar-refractivity contribution in [3.05, 3.63) is 35.4 Å². The van der Waals surface area contributed by atoms with Crippen LogP contribution >= 0.6 is 0 Å². The molecule has 35 heavy (non-hydrogen) atoms. The van der Waals surface area contributed by atoms with Crippen molar-refractivity contribution in [1.82, 2.24) is 0 Å². The third-order valence-corrected chi connectivity index (χ3v) is 5.71. The molecule has 1 saturated heterocycles. The lowest BCUT2D eigenvalue weighted by Gasteiger charge is -2.34. The summed E-state index contributed by atoms with van der Waals surface area (Å²) in [6.07, 6.45) is 0.132. The van der Waals surface area contributed by atoms with Crippen LogP contribution in [0.5, 0.6) is 34.5 Å². The van der Waals surface area contributed by atoms with Crippen molar-refractivity contribution in [2.45, 2.75) is 32.8 Å². The van der Waals surface area contributed by atoms with E-state index in [1.165, 1.54) is 42.3 Å². The van der Waals surface area contributed by atoms with Crippen LogP contribution in [0, 0.1) is 5.92 Å². The van der Waals surface area contributed by atoms with E-state index in [1.807, 2.05) is 6.92 Å². The molecule has 188 valence electrons. The van der Waals surface area contributed by atoms with E-state index in [0.29, 0.717) is 11.1 Å². The zero-order chi connectivity index (χ0) is 25.9. The maximum Gasteiger partial charge on any atom is 0.308 e. The van der Waals surface area contributed by atoms with Crippen LogP contribution < -0.4 is 28.4 Å². The predicted molar refractivity (Wildman–Crippen MR) is 122 cm³/mol. The molecule has 2 aromatic rings. The molecule has 0 aromatic heterocycles. The average Bonchev–Trinajstić information content (AvgIpc) is 3.12. The number of hydrogen-bond donors (Lipinski definition) is 0. The molecule has 0 spiro atoms. The Hall–Kier alpha value is -3.95. The Bertz CT molecular complexity index is 1030. The van der Waals surface area contributed by atoms with Gasteiger partial charge in [-0.1, -0.05) is 6.92 Å². The van der Waals surface area contributed by atoms with E-state index in [4.69, 9.17) is 33.2 Å². The van der Waals surface area contributed by atoms with Crippen molar-refractivity contribution in [3.8, 4) is 34.5 Å². The summed E-state index contributed by atoms with van der Waals surface area (Å²) < 4.78 is 38.5. The van der Waals surface area contributed by atoms with Crippen LogP contribution in [0.4, 0.5) is 0 Å². The maximum atomic E-state index is 12.6. The summed E-state index contributed by atoms with van der Waals surface area (Å²) in [5.74, 6) is -0.851. The summed E-state index contributed by atoms with van der Waals surface area (Å²) in [7, 11) is 5.68. The number of rotatable bonds is 8. The first kappa shape index (κ1) is 25.7. The molecule has 0 N–H and O–H groups in total. The van der Waals surface area contributed by atoms with Gasteiger partial charge < -0.3 is 33.2 Å². The summed E-state index contributed by atoms with van der Waals surface area (Å²) >= 11 is 0. The second kappa shape index (κ2) is 10.1. The van der Waals surface area contributed by atoms with Crippen LogP contribution in [0.1, 0.15) is 38.3 Å². The van der Waals surface area contributed by atoms with Gasteiger partial charge in [0, 0.05) is 30.9 Å². The molecule has 0 amide bonds. The number of methoxy groups -OCH3 is 4. The first-order chi connectivity index (χ1) is 16.6. The molecule has 2 aromatic carbocycles. The van der Waals surface area contributed by atoms with Gasteiger partial charge in [-0.2, -0.15) is 0 Å². The summed E-state index contributed by atoms with van der Waals surface area (Å²) in [4.78, 5) is 35.9. The number of benzene rings is 2. The normalized spacial score (nSPS) is 16.2. The van der Waals surface area contributed by atoms with Crippen molar-refractivity contribution in [1.29, 1.82) is 0 Å². The van der Waals surface area contributed by atoms with Gasteiger partial charge in [-0.15, -0.1) is 0 Å². The molecule has 1 heterocycles. The lowest BCUT2D eigenvalue weighted by molar-refractivity contribution is -0.147. The molecule has 0 radical (unpaired) electrons. The number of hydrogen-bond acceptors (Lipinski definition) is 10. The van der Waals surface area contributed by atoms with Gasteiger partial charge in [-0.05, 0) is 24.3 Å². The van der Waals surface area contributed by atoms with Crippen LogP contribution in [-0.2, 0) is 24.7 Å². The quantitative estimate of drug-likeness (QED) is 0.404. The van der Waals surface area contributed by atoms with E-state index >= 15 is 0 Å². The fourth-order valence-corrected chi connectivity index (χ4v) is 4.25. The van der Waals surface area contributed by atoms with Gasteiger partial charge in [0.15, 0.2) is 28.6 Å². The van der Waals surface area contributed by atoms with Crippen molar-refractivity contribution in [2.75, 3.05) is 28.4 Å². The highest BCUT2D eigenvalue weighted by Crippen LogP contribution is 2.53. The summed E-state index contributed by atoms with van der Waals surface area (Å²) in [5.41, 5.74) is -0.309. The third-order valence-electron chi connectivity index (χ3n) is 5.71. The van der Waals surface area contributed by atoms with Crippen molar-refractivity contribution >= 4 is 17.9 Å². The Kier molecular flexibility index (Phi) is 7.42. The van der Waals surface area contributed by atoms with Crippen molar-refractivity contribution < 1.29 is 47.5 Å². The van der Waals surface area contributed by atoms with Crippen molar-refractivity contribution in [2.24, 2.45) is 5.92 Å². The van der Waals surface area contributed by atoms with E-state index in [0.717, 1.165) is 0 Å². The van der Waals surface area contributed by atoms with E-state index in [-0.39, 0.29) is 46.8 Å². The number of esters is 3. The van der Waals surface area contributed by atoms with Crippen LogP contribution in [0.15, 0.2) is 24.3 Å². The number of cyclic esters (lactones) is 1. The summed E-state index contributed by atoms with van der Waals surface area (Å²) in [6.45, 7) is 4.39. The van der Waals surface area contributed by atoms with Crippen LogP contribution in [0.2, 0.25) is 0 Å². The molecule has 1 atom stereocenters. The highest BCUT2D eigenvalue weighted by Gasteiger charge is 2.51. The highest BCUT2D eigenvalue weighted by molar-refractivity contribution is 5.77. The minimum absolute atomic E-state index is 0.0961. The molecule has 0 aliphatic carbocycles. The van der Waals surface area contributed by atoms with Gasteiger partial charge in [-0.3, -0.25) is 14.4 Å². The van der Waals surface area contributed by atoms with Gasteiger partial charge >= 0.3 is 17.9 Å². The standard InChI is InChI=1S/C25H28O10/c1-13-8-22(28)35-25(13,16-9-18(29-4)23(33-14(2)26)19(10-16)30-5)17-11-20(31-6)24(34-15(3)27)21(12-17)32-7/h9-13H,8H2,1-7H3. The maximum absolute atomic E-state index is 12.6. The van der Waals surface area contributed by atoms with Crippen LogP contribution in [0.25, 0.3) is 0 Å². The van der Waals surface area contributed by atoms with Gasteiger partial charge in [-0.25, -0.2) is 0 Å². The Morgan fingerprint density at radius 3 is 1.34 bits per heavy atom. The fraction of sp³-hybridized carbons (Fsp3) is 0.400. The van der Waals surface area contributed by atoms with Gasteiger partial charge in [0.2, 0.25) is 11.5 Å². The number of ether oxygens (including phenoxy) is 7. The lowest BCUT2D eigenvalue weighted by atomic mass is 9.76. The second-order valence-electron chi connectivity index (χ2n) is 7.92.